The van der Waals surface area contributed by atoms with Crippen LogP contribution < -0.4 is 10.1 Å². The number of ether oxygens (including phenoxy) is 1. The number of aliphatic hydroxyl groups excluding tert-OH is 1. The maximum atomic E-state index is 12.1. The van der Waals surface area contributed by atoms with E-state index in [2.05, 4.69) is 15.0 Å². The molecule has 1 aliphatic carbocycles. The van der Waals surface area contributed by atoms with Crippen molar-refractivity contribution in [3.8, 4) is 5.88 Å². The lowest BCUT2D eigenvalue weighted by Gasteiger charge is -2.13. The number of amides is 1. The number of hydrogen-bond donors (Lipinski definition) is 2. The summed E-state index contributed by atoms with van der Waals surface area (Å²) in [5.41, 5.74) is -0.0273. The van der Waals surface area contributed by atoms with E-state index in [1.807, 2.05) is 0 Å². The highest BCUT2D eigenvalue weighted by Crippen LogP contribution is 2.19. The number of carbonyl (C=O) groups is 1. The predicted molar refractivity (Wildman–Crippen MR) is 71.4 cm³/mol. The normalized spacial score (nSPS) is 20.9. The molecular formula is C14H15F3N2O3. The van der Waals surface area contributed by atoms with Crippen LogP contribution in [0.1, 0.15) is 16.9 Å². The number of aromatic nitrogens is 1. The molecule has 0 aliphatic heterocycles. The highest BCUT2D eigenvalue weighted by Gasteiger charge is 2.28. The van der Waals surface area contributed by atoms with Gasteiger partial charge in [-0.05, 0) is 12.5 Å². The minimum atomic E-state index is -4.46. The summed E-state index contributed by atoms with van der Waals surface area (Å²) in [4.78, 5) is 15.8. The third kappa shape index (κ3) is 4.73. The first-order valence-corrected chi connectivity index (χ1v) is 6.64. The molecule has 0 radical (unpaired) electrons. The number of carbonyl (C=O) groups excluding carboxylic acids is 1. The summed E-state index contributed by atoms with van der Waals surface area (Å²) in [6.45, 7) is -1.46. The molecule has 1 aromatic heterocycles. The molecule has 2 rings (SSSR count). The van der Waals surface area contributed by atoms with Gasteiger partial charge in [-0.2, -0.15) is 13.2 Å². The van der Waals surface area contributed by atoms with Crippen LogP contribution >= 0.6 is 0 Å². The average Bonchev–Trinajstić information content (AvgIpc) is 2.92. The van der Waals surface area contributed by atoms with Crippen molar-refractivity contribution in [2.24, 2.45) is 5.92 Å². The number of pyridine rings is 1. The highest BCUT2D eigenvalue weighted by atomic mass is 19.4. The van der Waals surface area contributed by atoms with E-state index in [9.17, 15) is 18.0 Å². The smallest absolute Gasteiger partial charge is 0.422 e. The van der Waals surface area contributed by atoms with Gasteiger partial charge in [0.1, 0.15) is 5.69 Å². The molecule has 0 aromatic carbocycles. The van der Waals surface area contributed by atoms with Crippen molar-refractivity contribution >= 4 is 5.91 Å². The first-order chi connectivity index (χ1) is 10.4. The van der Waals surface area contributed by atoms with E-state index in [0.29, 0.717) is 6.42 Å². The molecular weight excluding hydrogens is 301 g/mol. The summed E-state index contributed by atoms with van der Waals surface area (Å²) in [5.74, 6) is -0.773. The Morgan fingerprint density at radius 1 is 1.41 bits per heavy atom. The zero-order valence-electron chi connectivity index (χ0n) is 11.5. The zero-order chi connectivity index (χ0) is 16.2. The Hall–Kier alpha value is -2.09. The molecule has 0 saturated carbocycles. The van der Waals surface area contributed by atoms with Crippen molar-refractivity contribution < 1.29 is 27.8 Å². The second-order valence-electron chi connectivity index (χ2n) is 4.91. The summed E-state index contributed by atoms with van der Waals surface area (Å²) in [6.07, 6.45) is -0.315. The van der Waals surface area contributed by atoms with Gasteiger partial charge in [-0.1, -0.05) is 18.2 Å². The molecule has 0 bridgehead atoms. The third-order valence-electron chi connectivity index (χ3n) is 3.06. The van der Waals surface area contributed by atoms with E-state index in [1.54, 1.807) is 12.2 Å². The largest absolute Gasteiger partial charge is 0.468 e. The minimum Gasteiger partial charge on any atom is -0.468 e. The molecule has 5 nitrogen and oxygen atoms in total. The lowest BCUT2D eigenvalue weighted by Crippen LogP contribution is -2.33. The van der Waals surface area contributed by atoms with Crippen LogP contribution in [-0.2, 0) is 0 Å². The van der Waals surface area contributed by atoms with Crippen molar-refractivity contribution in [1.82, 2.24) is 10.3 Å². The van der Waals surface area contributed by atoms with Crippen molar-refractivity contribution in [3.63, 3.8) is 0 Å². The fraction of sp³-hybridized carbons (Fsp3) is 0.429. The van der Waals surface area contributed by atoms with Crippen molar-refractivity contribution in [2.45, 2.75) is 18.6 Å². The second kappa shape index (κ2) is 6.78. The van der Waals surface area contributed by atoms with E-state index < -0.39 is 18.7 Å². The standard InChI is InChI=1S/C14H15F3N2O3/c15-14(16,17)8-22-12-3-1-2-11(19-12)13(21)18-10-5-4-9(6-10)7-20/h1-5,9-10,20H,6-8H2,(H,18,21)/t9-,10+/m0/s1. The molecule has 1 amide bonds. The molecule has 0 saturated heterocycles. The molecule has 1 aliphatic rings. The van der Waals surface area contributed by atoms with Crippen LogP contribution in [0.5, 0.6) is 5.88 Å². The van der Waals surface area contributed by atoms with Gasteiger partial charge in [0.2, 0.25) is 5.88 Å². The summed E-state index contributed by atoms with van der Waals surface area (Å²) in [5, 5.41) is 11.7. The Kier molecular flexibility index (Phi) is 5.02. The van der Waals surface area contributed by atoms with Crippen LogP contribution in [0.3, 0.4) is 0 Å². The van der Waals surface area contributed by atoms with Crippen molar-refractivity contribution in [3.05, 3.63) is 36.0 Å². The molecule has 1 aromatic rings. The van der Waals surface area contributed by atoms with Gasteiger partial charge in [0.15, 0.2) is 6.61 Å². The number of halogens is 3. The molecule has 1 heterocycles. The van der Waals surface area contributed by atoms with E-state index in [0.717, 1.165) is 0 Å². The van der Waals surface area contributed by atoms with Gasteiger partial charge in [-0.3, -0.25) is 4.79 Å². The zero-order valence-corrected chi connectivity index (χ0v) is 11.5. The van der Waals surface area contributed by atoms with Gasteiger partial charge in [-0.15, -0.1) is 0 Å². The number of nitrogens with one attached hydrogen (secondary N) is 1. The van der Waals surface area contributed by atoms with Crippen LogP contribution in [0.25, 0.3) is 0 Å². The van der Waals surface area contributed by atoms with Crippen LogP contribution in [0, 0.1) is 5.92 Å². The average molecular weight is 316 g/mol. The number of nitrogens with zero attached hydrogens (tertiary/aromatic N) is 1. The van der Waals surface area contributed by atoms with Crippen LogP contribution in [0.4, 0.5) is 13.2 Å². The Labute approximate surface area is 124 Å². The lowest BCUT2D eigenvalue weighted by atomic mass is 10.1. The van der Waals surface area contributed by atoms with E-state index in [1.165, 1.54) is 18.2 Å². The Balaban J connectivity index is 1.94. The van der Waals surface area contributed by atoms with Crippen LogP contribution in [0.2, 0.25) is 0 Å². The molecule has 8 heteroatoms. The molecule has 0 spiro atoms. The number of alkyl halides is 3. The third-order valence-corrected chi connectivity index (χ3v) is 3.06. The first-order valence-electron chi connectivity index (χ1n) is 6.64. The predicted octanol–water partition coefficient (Wildman–Crippen LogP) is 1.69. The van der Waals surface area contributed by atoms with Gasteiger partial charge in [0, 0.05) is 24.6 Å². The number of rotatable bonds is 5. The maximum Gasteiger partial charge on any atom is 0.422 e. The molecule has 0 fully saturated rings. The molecule has 2 N–H and O–H groups in total. The van der Waals surface area contributed by atoms with Crippen molar-refractivity contribution in [1.29, 1.82) is 0 Å². The Morgan fingerprint density at radius 2 is 2.18 bits per heavy atom. The SMILES string of the molecule is O=C(N[C@@H]1C=C[C@H](CO)C1)c1cccc(OCC(F)(F)F)n1. The fourth-order valence-electron chi connectivity index (χ4n) is 2.04. The van der Waals surface area contributed by atoms with E-state index >= 15 is 0 Å². The summed E-state index contributed by atoms with van der Waals surface area (Å²) >= 11 is 0. The monoisotopic (exact) mass is 316 g/mol. The molecule has 2 atom stereocenters. The van der Waals surface area contributed by atoms with Crippen LogP contribution in [-0.4, -0.2) is 41.4 Å². The van der Waals surface area contributed by atoms with Gasteiger partial charge >= 0.3 is 6.18 Å². The van der Waals surface area contributed by atoms with Crippen molar-refractivity contribution in [2.75, 3.05) is 13.2 Å². The van der Waals surface area contributed by atoms with Gasteiger partial charge in [0.05, 0.1) is 0 Å². The molecule has 0 unspecified atom stereocenters. The fourth-order valence-corrected chi connectivity index (χ4v) is 2.04. The first kappa shape index (κ1) is 16.3. The highest BCUT2D eigenvalue weighted by molar-refractivity contribution is 5.92. The Morgan fingerprint density at radius 3 is 2.82 bits per heavy atom. The second-order valence-corrected chi connectivity index (χ2v) is 4.91. The summed E-state index contributed by atoms with van der Waals surface area (Å²) in [7, 11) is 0. The van der Waals surface area contributed by atoms with Crippen LogP contribution in [0.15, 0.2) is 30.4 Å². The number of hydrogen-bond acceptors (Lipinski definition) is 4. The topological polar surface area (TPSA) is 71.5 Å². The summed E-state index contributed by atoms with van der Waals surface area (Å²) in [6, 6.07) is 3.80. The molecule has 120 valence electrons. The lowest BCUT2D eigenvalue weighted by molar-refractivity contribution is -0.154. The van der Waals surface area contributed by atoms with E-state index in [4.69, 9.17) is 5.11 Å². The van der Waals surface area contributed by atoms with Gasteiger partial charge < -0.3 is 15.2 Å². The minimum absolute atomic E-state index is 0.000266. The maximum absolute atomic E-state index is 12.1. The van der Waals surface area contributed by atoms with E-state index in [-0.39, 0.29) is 30.1 Å². The van der Waals surface area contributed by atoms with Gasteiger partial charge in [-0.25, -0.2) is 4.98 Å². The number of aliphatic hydroxyl groups is 1. The Bertz CT molecular complexity index is 561. The molecule has 22 heavy (non-hydrogen) atoms. The summed E-state index contributed by atoms with van der Waals surface area (Å²) < 4.78 is 40.7. The quantitative estimate of drug-likeness (QED) is 0.811. The van der Waals surface area contributed by atoms with Gasteiger partial charge in [0.25, 0.3) is 5.91 Å².